The molecule has 2 N–H and O–H groups in total. The Labute approximate surface area is 119 Å². The first-order valence-electron chi connectivity index (χ1n) is 6.84. The van der Waals surface area contributed by atoms with Crippen LogP contribution in [0.25, 0.3) is 0 Å². The predicted molar refractivity (Wildman–Crippen MR) is 79.8 cm³/mol. The largest absolute Gasteiger partial charge is 0.352 e. The average molecular weight is 271 g/mol. The van der Waals surface area contributed by atoms with Gasteiger partial charge in [0, 0.05) is 30.4 Å². The molecule has 0 aliphatic rings. The van der Waals surface area contributed by atoms with E-state index in [1.807, 2.05) is 30.3 Å². The van der Waals surface area contributed by atoms with E-state index in [4.69, 9.17) is 0 Å². The van der Waals surface area contributed by atoms with Crippen LogP contribution in [0.4, 0.5) is 0 Å². The van der Waals surface area contributed by atoms with Gasteiger partial charge in [-0.15, -0.1) is 0 Å². The van der Waals surface area contributed by atoms with Crippen molar-refractivity contribution in [3.05, 3.63) is 53.3 Å². The van der Waals surface area contributed by atoms with Crippen LogP contribution in [0.3, 0.4) is 0 Å². The van der Waals surface area contributed by atoms with Gasteiger partial charge in [-0.05, 0) is 29.2 Å². The van der Waals surface area contributed by atoms with Crippen molar-refractivity contribution in [1.29, 1.82) is 0 Å². The minimum Gasteiger partial charge on any atom is -0.352 e. The highest BCUT2D eigenvalue weighted by Gasteiger charge is 2.14. The van der Waals surface area contributed by atoms with Crippen LogP contribution in [0.15, 0.2) is 36.5 Å². The number of benzene rings is 1. The lowest BCUT2D eigenvalue weighted by Gasteiger charge is -2.19. The molecule has 0 atom stereocenters. The Balaban J connectivity index is 1.89. The van der Waals surface area contributed by atoms with Crippen molar-refractivity contribution in [3.8, 4) is 0 Å². The summed E-state index contributed by atoms with van der Waals surface area (Å²) < 4.78 is 0. The van der Waals surface area contributed by atoms with Gasteiger partial charge in [-0.3, -0.25) is 9.89 Å². The van der Waals surface area contributed by atoms with Crippen LogP contribution in [0.5, 0.6) is 0 Å². The van der Waals surface area contributed by atoms with Crippen LogP contribution in [0.1, 0.15) is 42.4 Å². The second-order valence-corrected chi connectivity index (χ2v) is 5.92. The summed E-state index contributed by atoms with van der Waals surface area (Å²) in [4.78, 5) is 12.0. The highest BCUT2D eigenvalue weighted by Crippen LogP contribution is 2.22. The van der Waals surface area contributed by atoms with Gasteiger partial charge < -0.3 is 5.32 Å². The fraction of sp³-hybridized carbons (Fsp3) is 0.375. The Morgan fingerprint density at radius 1 is 1.20 bits per heavy atom. The van der Waals surface area contributed by atoms with Crippen molar-refractivity contribution in [2.24, 2.45) is 0 Å². The Hall–Kier alpha value is -2.10. The van der Waals surface area contributed by atoms with Crippen molar-refractivity contribution >= 4 is 5.91 Å². The van der Waals surface area contributed by atoms with Gasteiger partial charge >= 0.3 is 0 Å². The Morgan fingerprint density at radius 2 is 1.90 bits per heavy atom. The van der Waals surface area contributed by atoms with Crippen molar-refractivity contribution < 1.29 is 4.79 Å². The molecule has 106 valence electrons. The summed E-state index contributed by atoms with van der Waals surface area (Å²) in [6, 6.07) is 9.70. The number of nitrogens with one attached hydrogen (secondary N) is 2. The normalized spacial score (nSPS) is 11.3. The minimum absolute atomic E-state index is 0.0371. The molecular formula is C16H21N3O. The van der Waals surface area contributed by atoms with Gasteiger partial charge in [0.2, 0.25) is 0 Å². The van der Waals surface area contributed by atoms with Gasteiger partial charge in [-0.25, -0.2) is 0 Å². The summed E-state index contributed by atoms with van der Waals surface area (Å²) in [7, 11) is 0. The summed E-state index contributed by atoms with van der Waals surface area (Å²) in [6.45, 7) is 7.08. The van der Waals surface area contributed by atoms with Gasteiger partial charge in [0.1, 0.15) is 0 Å². The average Bonchev–Trinajstić information content (AvgIpc) is 2.91. The maximum atomic E-state index is 12.0. The number of carbonyl (C=O) groups excluding carboxylic acids is 1. The Morgan fingerprint density at radius 3 is 2.45 bits per heavy atom. The van der Waals surface area contributed by atoms with Gasteiger partial charge in [0.15, 0.2) is 0 Å². The van der Waals surface area contributed by atoms with E-state index in [0.717, 1.165) is 12.1 Å². The van der Waals surface area contributed by atoms with Crippen LogP contribution < -0.4 is 5.32 Å². The monoisotopic (exact) mass is 271 g/mol. The van der Waals surface area contributed by atoms with E-state index in [1.165, 1.54) is 5.56 Å². The third kappa shape index (κ3) is 3.70. The zero-order valence-corrected chi connectivity index (χ0v) is 12.2. The molecule has 4 heteroatoms. The topological polar surface area (TPSA) is 57.8 Å². The maximum absolute atomic E-state index is 12.0. The molecule has 0 spiro atoms. The second kappa shape index (κ2) is 5.90. The molecule has 0 bridgehead atoms. The van der Waals surface area contributed by atoms with Crippen molar-refractivity contribution in [2.45, 2.75) is 32.6 Å². The smallest absolute Gasteiger partial charge is 0.251 e. The van der Waals surface area contributed by atoms with E-state index in [-0.39, 0.29) is 11.3 Å². The summed E-state index contributed by atoms with van der Waals surface area (Å²) in [5.74, 6) is -0.0371. The fourth-order valence-electron chi connectivity index (χ4n) is 1.96. The standard InChI is InChI=1S/C16H21N3O/c1-16(2,3)13-6-4-12(5-7-13)15(20)17-10-8-14-9-11-18-19-14/h4-7,9,11H,8,10H2,1-3H3,(H,17,20)(H,18,19). The summed E-state index contributed by atoms with van der Waals surface area (Å²) in [5, 5.41) is 9.66. The third-order valence-electron chi connectivity index (χ3n) is 3.25. The van der Waals surface area contributed by atoms with Crippen LogP contribution in [-0.4, -0.2) is 22.6 Å². The molecule has 1 aromatic heterocycles. The number of carbonyl (C=O) groups is 1. The molecule has 4 nitrogen and oxygen atoms in total. The van der Waals surface area contributed by atoms with Gasteiger partial charge in [-0.2, -0.15) is 5.10 Å². The maximum Gasteiger partial charge on any atom is 0.251 e. The number of hydrogen-bond donors (Lipinski definition) is 2. The fourth-order valence-corrected chi connectivity index (χ4v) is 1.96. The molecule has 0 radical (unpaired) electrons. The van der Waals surface area contributed by atoms with Crippen LogP contribution >= 0.6 is 0 Å². The lowest BCUT2D eigenvalue weighted by molar-refractivity contribution is 0.0954. The van der Waals surface area contributed by atoms with Crippen LogP contribution in [0, 0.1) is 0 Å². The predicted octanol–water partition coefficient (Wildman–Crippen LogP) is 2.68. The quantitative estimate of drug-likeness (QED) is 0.898. The van der Waals surface area contributed by atoms with E-state index in [1.54, 1.807) is 6.20 Å². The SMILES string of the molecule is CC(C)(C)c1ccc(C(=O)NCCc2ccn[nH]2)cc1. The molecule has 20 heavy (non-hydrogen) atoms. The Bertz CT molecular complexity index is 550. The molecule has 0 unspecified atom stereocenters. The highest BCUT2D eigenvalue weighted by atomic mass is 16.1. The summed E-state index contributed by atoms with van der Waals surface area (Å²) >= 11 is 0. The van der Waals surface area contributed by atoms with E-state index < -0.39 is 0 Å². The molecule has 1 aromatic carbocycles. The number of amides is 1. The lowest BCUT2D eigenvalue weighted by Crippen LogP contribution is -2.25. The van der Waals surface area contributed by atoms with E-state index in [9.17, 15) is 4.79 Å². The molecule has 2 aromatic rings. The zero-order valence-electron chi connectivity index (χ0n) is 12.2. The molecule has 2 rings (SSSR count). The first-order chi connectivity index (χ1) is 9.47. The number of aromatic nitrogens is 2. The van der Waals surface area contributed by atoms with Crippen LogP contribution in [0.2, 0.25) is 0 Å². The third-order valence-corrected chi connectivity index (χ3v) is 3.25. The second-order valence-electron chi connectivity index (χ2n) is 5.92. The molecule has 0 saturated carbocycles. The first kappa shape index (κ1) is 14.3. The summed E-state index contributed by atoms with van der Waals surface area (Å²) in [5.41, 5.74) is 3.05. The molecule has 1 amide bonds. The molecule has 0 aliphatic heterocycles. The zero-order chi connectivity index (χ0) is 14.6. The highest BCUT2D eigenvalue weighted by molar-refractivity contribution is 5.94. The first-order valence-corrected chi connectivity index (χ1v) is 6.84. The van der Waals surface area contributed by atoms with Crippen LogP contribution in [-0.2, 0) is 11.8 Å². The molecular weight excluding hydrogens is 250 g/mol. The van der Waals surface area contributed by atoms with Gasteiger partial charge in [0.25, 0.3) is 5.91 Å². The molecule has 1 heterocycles. The minimum atomic E-state index is -0.0371. The van der Waals surface area contributed by atoms with E-state index in [0.29, 0.717) is 12.1 Å². The number of nitrogens with zero attached hydrogens (tertiary/aromatic N) is 1. The van der Waals surface area contributed by atoms with Crippen molar-refractivity contribution in [3.63, 3.8) is 0 Å². The van der Waals surface area contributed by atoms with Crippen molar-refractivity contribution in [1.82, 2.24) is 15.5 Å². The molecule has 0 saturated heterocycles. The number of H-pyrrole nitrogens is 1. The number of aromatic amines is 1. The molecule has 0 aliphatic carbocycles. The van der Waals surface area contributed by atoms with E-state index in [2.05, 4.69) is 36.3 Å². The lowest BCUT2D eigenvalue weighted by atomic mass is 9.87. The Kier molecular flexibility index (Phi) is 4.23. The van der Waals surface area contributed by atoms with Crippen molar-refractivity contribution in [2.75, 3.05) is 6.54 Å². The van der Waals surface area contributed by atoms with Gasteiger partial charge in [0.05, 0.1) is 0 Å². The number of rotatable bonds is 4. The molecule has 0 fully saturated rings. The summed E-state index contributed by atoms with van der Waals surface area (Å²) in [6.07, 6.45) is 2.47. The number of hydrogen-bond acceptors (Lipinski definition) is 2. The van der Waals surface area contributed by atoms with E-state index >= 15 is 0 Å². The van der Waals surface area contributed by atoms with Gasteiger partial charge in [-0.1, -0.05) is 32.9 Å².